The first kappa shape index (κ1) is 39.2. The van der Waals surface area contributed by atoms with Crippen LogP contribution in [-0.4, -0.2) is 39.9 Å². The Morgan fingerprint density at radius 1 is 0.851 bits per heavy atom. The van der Waals surface area contributed by atoms with Crippen LogP contribution >= 0.6 is 45.2 Å². The number of nitriles is 1. The minimum Gasteiger partial charge on any atom is -0.493 e. The van der Waals surface area contributed by atoms with Gasteiger partial charge in [-0.25, -0.2) is 0 Å². The van der Waals surface area contributed by atoms with Crippen LogP contribution in [0.3, 0.4) is 0 Å². The molecule has 3 rings (SSSR count). The fourth-order valence-corrected chi connectivity index (χ4v) is 6.79. The Hall–Kier alpha value is -2.20. The number of alkyl halides is 2. The zero-order chi connectivity index (χ0) is 34.5. The molecule has 0 N–H and O–H groups in total. The van der Waals surface area contributed by atoms with E-state index in [0.29, 0.717) is 41.8 Å². The van der Waals surface area contributed by atoms with Crippen LogP contribution in [0.5, 0.6) is 23.0 Å². The van der Waals surface area contributed by atoms with E-state index in [-0.39, 0.29) is 19.6 Å². The molecule has 2 aromatic carbocycles. The summed E-state index contributed by atoms with van der Waals surface area (Å²) in [5.74, 6) is 2.61. The number of carbonyl (C=O) groups excluding carboxylic acids is 1. The van der Waals surface area contributed by atoms with Crippen molar-refractivity contribution < 1.29 is 28.5 Å². The first-order valence-corrected chi connectivity index (χ1v) is 18.8. The van der Waals surface area contributed by atoms with Gasteiger partial charge >= 0.3 is 5.97 Å². The number of benzene rings is 2. The van der Waals surface area contributed by atoms with E-state index in [0.717, 1.165) is 43.2 Å². The van der Waals surface area contributed by atoms with Crippen molar-refractivity contribution in [1.82, 2.24) is 0 Å². The predicted octanol–water partition coefficient (Wildman–Crippen LogP) is 10.7. The van der Waals surface area contributed by atoms with Gasteiger partial charge in [-0.2, -0.15) is 5.26 Å². The Labute approximate surface area is 309 Å². The van der Waals surface area contributed by atoms with Gasteiger partial charge in [0.2, 0.25) is 6.79 Å². The number of carbonyl (C=O) groups is 1. The topological polar surface area (TPSA) is 87.0 Å². The van der Waals surface area contributed by atoms with Crippen molar-refractivity contribution in [3.05, 3.63) is 47.5 Å². The number of rotatable bonds is 20. The molecule has 0 saturated heterocycles. The minimum atomic E-state index is -0.517. The molecule has 0 fully saturated rings. The van der Waals surface area contributed by atoms with Gasteiger partial charge in [-0.1, -0.05) is 110 Å². The van der Waals surface area contributed by atoms with E-state index in [4.69, 9.17) is 23.7 Å². The van der Waals surface area contributed by atoms with Gasteiger partial charge in [-0.15, -0.1) is 0 Å². The van der Waals surface area contributed by atoms with Crippen molar-refractivity contribution in [3.63, 3.8) is 0 Å². The maximum atomic E-state index is 13.1. The first-order valence-electron chi connectivity index (χ1n) is 16.6. The number of halogens is 2. The molecule has 0 saturated carbocycles. The molecule has 1 aliphatic heterocycles. The van der Waals surface area contributed by atoms with E-state index >= 15 is 0 Å². The van der Waals surface area contributed by atoms with Crippen LogP contribution in [0.25, 0.3) is 11.6 Å². The standard InChI is InChI=1S/C38H51I2NO6/c1-36(2,39)26-38(5,37(3,4)40)35(42)45-21-15-13-11-9-7-8-10-12-14-20-44-31-18-16-28(23-33(31)43-6)22-30(25-41)29-17-19-32-34(24-29)47-27-46-32/h16-19,22-24H,7-15,20-21,26-27H2,1-6H3/b30-22+. The van der Waals surface area contributed by atoms with Gasteiger partial charge in [-0.3, -0.25) is 4.79 Å². The Morgan fingerprint density at radius 2 is 1.47 bits per heavy atom. The summed E-state index contributed by atoms with van der Waals surface area (Å²) < 4.78 is 28.1. The molecular weight excluding hydrogens is 820 g/mol. The lowest BCUT2D eigenvalue weighted by Gasteiger charge is -2.41. The van der Waals surface area contributed by atoms with Crippen LogP contribution in [0.15, 0.2) is 36.4 Å². The molecule has 1 aliphatic rings. The molecule has 258 valence electrons. The summed E-state index contributed by atoms with van der Waals surface area (Å²) in [6.45, 7) is 12.0. The molecule has 2 aromatic rings. The van der Waals surface area contributed by atoms with Gasteiger partial charge in [0, 0.05) is 6.84 Å². The van der Waals surface area contributed by atoms with Gasteiger partial charge in [0.1, 0.15) is 0 Å². The second kappa shape index (κ2) is 18.5. The highest BCUT2D eigenvalue weighted by molar-refractivity contribution is 14.1. The third kappa shape index (κ3) is 12.3. The zero-order valence-corrected chi connectivity index (χ0v) is 33.2. The SMILES string of the molecule is COc1cc(/C=C(\C#N)c2ccc3c(c2)OCO3)ccc1OCCCCCCCCCCCOC(=O)C(C)(CC(C)(C)I)C(C)(C)I. The molecule has 7 nitrogen and oxygen atoms in total. The van der Waals surface area contributed by atoms with E-state index in [1.54, 1.807) is 7.11 Å². The molecule has 0 radical (unpaired) electrons. The molecule has 0 aliphatic carbocycles. The van der Waals surface area contributed by atoms with E-state index in [1.807, 2.05) is 42.5 Å². The van der Waals surface area contributed by atoms with Crippen LogP contribution in [0.2, 0.25) is 0 Å². The van der Waals surface area contributed by atoms with Crippen LogP contribution < -0.4 is 18.9 Å². The van der Waals surface area contributed by atoms with Gasteiger partial charge in [0.25, 0.3) is 0 Å². The van der Waals surface area contributed by atoms with E-state index in [2.05, 4.69) is 85.9 Å². The number of unbranched alkanes of at least 4 members (excludes halogenated alkanes) is 8. The summed E-state index contributed by atoms with van der Waals surface area (Å²) in [5.41, 5.74) is 1.62. The predicted molar refractivity (Wildman–Crippen MR) is 206 cm³/mol. The summed E-state index contributed by atoms with van der Waals surface area (Å²) in [4.78, 5) is 13.1. The van der Waals surface area contributed by atoms with Crippen molar-refractivity contribution in [1.29, 1.82) is 5.26 Å². The second-order valence-corrected chi connectivity index (χ2v) is 19.1. The average Bonchev–Trinajstić information content (AvgIpc) is 3.49. The van der Waals surface area contributed by atoms with Crippen molar-refractivity contribution >= 4 is 62.8 Å². The summed E-state index contributed by atoms with van der Waals surface area (Å²) >= 11 is 4.82. The van der Waals surface area contributed by atoms with Crippen molar-refractivity contribution in [2.75, 3.05) is 27.1 Å². The number of esters is 1. The molecular formula is C38H51I2NO6. The quantitative estimate of drug-likeness (QED) is 0.0327. The van der Waals surface area contributed by atoms with Crippen molar-refractivity contribution in [2.24, 2.45) is 5.41 Å². The van der Waals surface area contributed by atoms with Gasteiger partial charge in [0.05, 0.1) is 37.4 Å². The van der Waals surface area contributed by atoms with Crippen LogP contribution in [-0.2, 0) is 9.53 Å². The maximum Gasteiger partial charge on any atom is 0.313 e. The van der Waals surface area contributed by atoms with E-state index < -0.39 is 5.41 Å². The number of hydrogen-bond donors (Lipinski definition) is 0. The largest absolute Gasteiger partial charge is 0.493 e. The lowest BCUT2D eigenvalue weighted by atomic mass is 9.73. The summed E-state index contributed by atoms with van der Waals surface area (Å²) in [6.07, 6.45) is 12.8. The smallest absolute Gasteiger partial charge is 0.313 e. The summed E-state index contributed by atoms with van der Waals surface area (Å²) in [7, 11) is 1.63. The fraction of sp³-hybridized carbons (Fsp3) is 0.579. The molecule has 0 bridgehead atoms. The molecule has 47 heavy (non-hydrogen) atoms. The lowest BCUT2D eigenvalue weighted by molar-refractivity contribution is -0.157. The number of nitrogens with zero attached hydrogens (tertiary/aromatic N) is 1. The molecule has 9 heteroatoms. The summed E-state index contributed by atoms with van der Waals surface area (Å²) in [6, 6.07) is 13.5. The number of hydrogen-bond acceptors (Lipinski definition) is 7. The van der Waals surface area contributed by atoms with Gasteiger partial charge in [0.15, 0.2) is 23.0 Å². The number of ether oxygens (including phenoxy) is 5. The van der Waals surface area contributed by atoms with Crippen molar-refractivity contribution in [2.45, 2.75) is 106 Å². The second-order valence-electron chi connectivity index (χ2n) is 13.5. The molecule has 1 heterocycles. The molecule has 1 atom stereocenters. The normalized spacial score (nSPS) is 14.3. The molecule has 0 spiro atoms. The van der Waals surface area contributed by atoms with Crippen LogP contribution in [0.4, 0.5) is 0 Å². The average molecular weight is 872 g/mol. The first-order chi connectivity index (χ1) is 22.3. The Morgan fingerprint density at radius 3 is 2.06 bits per heavy atom. The van der Waals surface area contributed by atoms with Crippen LogP contribution in [0.1, 0.15) is 110 Å². The third-order valence-corrected chi connectivity index (χ3v) is 10.2. The van der Waals surface area contributed by atoms with E-state index in [9.17, 15) is 10.1 Å². The van der Waals surface area contributed by atoms with Gasteiger partial charge in [-0.05, 0) is 87.6 Å². The maximum absolute atomic E-state index is 13.1. The fourth-order valence-electron chi connectivity index (χ4n) is 5.62. The Kier molecular flexibility index (Phi) is 15.5. The zero-order valence-electron chi connectivity index (χ0n) is 28.9. The number of allylic oxidation sites excluding steroid dienone is 1. The number of methoxy groups -OCH3 is 1. The Balaban J connectivity index is 1.29. The third-order valence-electron chi connectivity index (χ3n) is 8.62. The number of fused-ring (bicyclic) bond motifs is 1. The highest BCUT2D eigenvalue weighted by Gasteiger charge is 2.49. The Bertz CT molecular complexity index is 1390. The molecule has 0 aromatic heterocycles. The highest BCUT2D eigenvalue weighted by atomic mass is 127. The van der Waals surface area contributed by atoms with Gasteiger partial charge < -0.3 is 23.7 Å². The van der Waals surface area contributed by atoms with E-state index in [1.165, 1.54) is 32.1 Å². The minimum absolute atomic E-state index is 0.0290. The van der Waals surface area contributed by atoms with Crippen LogP contribution in [0, 0.1) is 16.7 Å². The van der Waals surface area contributed by atoms with Crippen molar-refractivity contribution in [3.8, 4) is 29.1 Å². The highest BCUT2D eigenvalue weighted by Crippen LogP contribution is 2.47. The molecule has 1 unspecified atom stereocenters. The monoisotopic (exact) mass is 871 g/mol. The summed E-state index contributed by atoms with van der Waals surface area (Å²) in [5, 5.41) is 9.77. The molecule has 0 amide bonds. The lowest BCUT2D eigenvalue weighted by Crippen LogP contribution is -2.47.